The average Bonchev–Trinajstić information content (AvgIpc) is 2.60. The molecule has 1 atom stereocenters. The van der Waals surface area contributed by atoms with Gasteiger partial charge in [0.15, 0.2) is 0 Å². The molecule has 1 fully saturated rings. The first-order valence-corrected chi connectivity index (χ1v) is 10.3. The largest absolute Gasteiger partial charge is 0.349 e. The van der Waals surface area contributed by atoms with Crippen molar-refractivity contribution in [2.24, 2.45) is 11.8 Å². The van der Waals surface area contributed by atoms with E-state index in [4.69, 9.17) is 0 Å². The van der Waals surface area contributed by atoms with Gasteiger partial charge in [0.1, 0.15) is 0 Å². The molecule has 0 saturated carbocycles. The van der Waals surface area contributed by atoms with E-state index in [-0.39, 0.29) is 29.5 Å². The van der Waals surface area contributed by atoms with Gasteiger partial charge in [-0.3, -0.25) is 4.79 Å². The molecule has 1 saturated heterocycles. The summed E-state index contributed by atoms with van der Waals surface area (Å²) in [6, 6.07) is 9.96. The number of piperidine rings is 1. The Morgan fingerprint density at radius 1 is 1.21 bits per heavy atom. The fourth-order valence-corrected chi connectivity index (χ4v) is 4.28. The van der Waals surface area contributed by atoms with Crippen LogP contribution in [0.5, 0.6) is 0 Å². The normalized spacial score (nSPS) is 18.5. The molecule has 2 rings (SSSR count). The highest BCUT2D eigenvalue weighted by Gasteiger charge is 2.31. The van der Waals surface area contributed by atoms with Crippen LogP contribution >= 0.6 is 0 Å². The van der Waals surface area contributed by atoms with Gasteiger partial charge >= 0.3 is 0 Å². The standard InChI is InChI=1S/C18H28N2O3S/c1-4-24(22,23)20-12-10-16(11-13-20)18(21)19-17(14(2)3)15-8-6-5-7-9-15/h5-9,14,16-17H,4,10-13H2,1-3H3,(H,19,21). The molecule has 5 nitrogen and oxygen atoms in total. The van der Waals surface area contributed by atoms with E-state index in [1.807, 2.05) is 30.3 Å². The molecule has 0 bridgehead atoms. The van der Waals surface area contributed by atoms with Gasteiger partial charge in [-0.2, -0.15) is 0 Å². The Labute approximate surface area is 145 Å². The lowest BCUT2D eigenvalue weighted by atomic mass is 9.93. The van der Waals surface area contributed by atoms with Crippen LogP contribution < -0.4 is 5.32 Å². The summed E-state index contributed by atoms with van der Waals surface area (Å²) >= 11 is 0. The minimum Gasteiger partial charge on any atom is -0.349 e. The van der Waals surface area contributed by atoms with E-state index < -0.39 is 10.0 Å². The van der Waals surface area contributed by atoms with Gasteiger partial charge in [-0.1, -0.05) is 44.2 Å². The van der Waals surface area contributed by atoms with Crippen LogP contribution in [0, 0.1) is 11.8 Å². The molecule has 6 heteroatoms. The second-order valence-electron chi connectivity index (χ2n) is 6.71. The highest BCUT2D eigenvalue weighted by Crippen LogP contribution is 2.25. The summed E-state index contributed by atoms with van der Waals surface area (Å²) in [4.78, 5) is 12.6. The molecule has 1 aliphatic rings. The number of nitrogens with zero attached hydrogens (tertiary/aromatic N) is 1. The number of carbonyl (C=O) groups is 1. The van der Waals surface area contributed by atoms with Crippen LogP contribution in [0.4, 0.5) is 0 Å². The Bertz CT molecular complexity index is 635. The van der Waals surface area contributed by atoms with Gasteiger partial charge in [-0.25, -0.2) is 12.7 Å². The summed E-state index contributed by atoms with van der Waals surface area (Å²) in [7, 11) is -3.15. The van der Waals surface area contributed by atoms with Crippen molar-refractivity contribution >= 4 is 15.9 Å². The maximum Gasteiger partial charge on any atom is 0.223 e. The zero-order valence-electron chi connectivity index (χ0n) is 14.7. The first-order chi connectivity index (χ1) is 11.3. The minimum absolute atomic E-state index is 0.0175. The fourth-order valence-electron chi connectivity index (χ4n) is 3.15. The van der Waals surface area contributed by atoms with E-state index in [0.717, 1.165) is 5.56 Å². The van der Waals surface area contributed by atoms with Crippen molar-refractivity contribution in [3.05, 3.63) is 35.9 Å². The highest BCUT2D eigenvalue weighted by molar-refractivity contribution is 7.89. The van der Waals surface area contributed by atoms with Crippen molar-refractivity contribution in [3.8, 4) is 0 Å². The molecule has 1 amide bonds. The molecular weight excluding hydrogens is 324 g/mol. The second-order valence-corrected chi connectivity index (χ2v) is 8.97. The molecule has 24 heavy (non-hydrogen) atoms. The zero-order chi connectivity index (χ0) is 17.7. The summed E-state index contributed by atoms with van der Waals surface area (Å²) < 4.78 is 25.3. The number of carbonyl (C=O) groups excluding carboxylic acids is 1. The Hall–Kier alpha value is -1.40. The summed E-state index contributed by atoms with van der Waals surface area (Å²) in [5, 5.41) is 3.16. The molecule has 0 aromatic heterocycles. The number of benzene rings is 1. The Kier molecular flexibility index (Phi) is 6.40. The summed E-state index contributed by atoms with van der Waals surface area (Å²) in [5.41, 5.74) is 1.10. The lowest BCUT2D eigenvalue weighted by molar-refractivity contribution is -0.127. The third kappa shape index (κ3) is 4.57. The minimum atomic E-state index is -3.15. The van der Waals surface area contributed by atoms with Gasteiger partial charge in [0, 0.05) is 19.0 Å². The molecule has 1 heterocycles. The number of nitrogens with one attached hydrogen (secondary N) is 1. The van der Waals surface area contributed by atoms with Crippen LogP contribution in [0.25, 0.3) is 0 Å². The van der Waals surface area contributed by atoms with Gasteiger partial charge in [-0.15, -0.1) is 0 Å². The van der Waals surface area contributed by atoms with Crippen molar-refractivity contribution in [2.45, 2.75) is 39.7 Å². The van der Waals surface area contributed by atoms with Crippen LogP contribution in [0.1, 0.15) is 45.2 Å². The molecule has 1 aliphatic heterocycles. The third-order valence-corrected chi connectivity index (χ3v) is 6.59. The Morgan fingerprint density at radius 2 is 1.79 bits per heavy atom. The van der Waals surface area contributed by atoms with Crippen molar-refractivity contribution in [1.82, 2.24) is 9.62 Å². The number of rotatable bonds is 6. The Morgan fingerprint density at radius 3 is 2.29 bits per heavy atom. The molecule has 1 unspecified atom stereocenters. The summed E-state index contributed by atoms with van der Waals surface area (Å²) in [6.45, 7) is 6.71. The van der Waals surface area contributed by atoms with Crippen molar-refractivity contribution in [2.75, 3.05) is 18.8 Å². The summed E-state index contributed by atoms with van der Waals surface area (Å²) in [5.74, 6) is 0.328. The number of amides is 1. The van der Waals surface area contributed by atoms with Crippen LogP contribution in [0.15, 0.2) is 30.3 Å². The quantitative estimate of drug-likeness (QED) is 0.856. The molecule has 134 valence electrons. The van der Waals surface area contributed by atoms with E-state index in [9.17, 15) is 13.2 Å². The molecule has 0 spiro atoms. The lowest BCUT2D eigenvalue weighted by Gasteiger charge is -2.32. The van der Waals surface area contributed by atoms with E-state index in [2.05, 4.69) is 19.2 Å². The molecule has 1 aromatic rings. The van der Waals surface area contributed by atoms with Crippen molar-refractivity contribution in [1.29, 1.82) is 0 Å². The van der Waals surface area contributed by atoms with Crippen LogP contribution in [-0.4, -0.2) is 37.5 Å². The molecule has 1 aromatic carbocycles. The van der Waals surface area contributed by atoms with Gasteiger partial charge < -0.3 is 5.32 Å². The number of hydrogen-bond donors (Lipinski definition) is 1. The van der Waals surface area contributed by atoms with Gasteiger partial charge in [0.05, 0.1) is 11.8 Å². The van der Waals surface area contributed by atoms with E-state index >= 15 is 0 Å². The fraction of sp³-hybridized carbons (Fsp3) is 0.611. The van der Waals surface area contributed by atoms with Crippen molar-refractivity contribution < 1.29 is 13.2 Å². The molecule has 1 N–H and O–H groups in total. The third-order valence-electron chi connectivity index (χ3n) is 4.71. The smallest absolute Gasteiger partial charge is 0.223 e. The zero-order valence-corrected chi connectivity index (χ0v) is 15.6. The predicted molar refractivity (Wildman–Crippen MR) is 95.9 cm³/mol. The topological polar surface area (TPSA) is 66.5 Å². The second kappa shape index (κ2) is 8.12. The van der Waals surface area contributed by atoms with E-state index in [1.54, 1.807) is 6.92 Å². The number of sulfonamides is 1. The molecular formula is C18H28N2O3S. The maximum atomic E-state index is 12.6. The van der Waals surface area contributed by atoms with E-state index in [0.29, 0.717) is 25.9 Å². The molecule has 0 aliphatic carbocycles. The first-order valence-electron chi connectivity index (χ1n) is 8.68. The van der Waals surface area contributed by atoms with Gasteiger partial charge in [0.25, 0.3) is 0 Å². The average molecular weight is 353 g/mol. The molecule has 0 radical (unpaired) electrons. The SMILES string of the molecule is CCS(=O)(=O)N1CCC(C(=O)NC(c2ccccc2)C(C)C)CC1. The number of hydrogen-bond acceptors (Lipinski definition) is 3. The first kappa shape index (κ1) is 18.9. The van der Waals surface area contributed by atoms with E-state index in [1.165, 1.54) is 4.31 Å². The monoisotopic (exact) mass is 352 g/mol. The van der Waals surface area contributed by atoms with Gasteiger partial charge in [0.2, 0.25) is 15.9 Å². The summed E-state index contributed by atoms with van der Waals surface area (Å²) in [6.07, 6.45) is 1.18. The maximum absolute atomic E-state index is 12.6. The lowest BCUT2D eigenvalue weighted by Crippen LogP contribution is -2.44. The van der Waals surface area contributed by atoms with Crippen LogP contribution in [-0.2, 0) is 14.8 Å². The van der Waals surface area contributed by atoms with Crippen LogP contribution in [0.2, 0.25) is 0 Å². The van der Waals surface area contributed by atoms with Crippen LogP contribution in [0.3, 0.4) is 0 Å². The highest BCUT2D eigenvalue weighted by atomic mass is 32.2. The predicted octanol–water partition coefficient (Wildman–Crippen LogP) is 2.56. The van der Waals surface area contributed by atoms with Gasteiger partial charge in [-0.05, 0) is 31.2 Å². The Balaban J connectivity index is 1.97. The van der Waals surface area contributed by atoms with Crippen molar-refractivity contribution in [3.63, 3.8) is 0 Å².